The average molecular weight is 344 g/mol. The number of halogens is 1. The fourth-order valence-electron chi connectivity index (χ4n) is 1.38. The Kier molecular flexibility index (Phi) is 5.51. The van der Waals surface area contributed by atoms with Crippen LogP contribution in [-0.4, -0.2) is 48.6 Å². The molecular weight excluding hydrogens is 330 g/mol. The third kappa shape index (κ3) is 4.23. The Morgan fingerprint density at radius 2 is 2.00 bits per heavy atom. The van der Waals surface area contributed by atoms with Crippen molar-refractivity contribution in [3.8, 4) is 0 Å². The number of amides is 3. The Morgan fingerprint density at radius 1 is 1.35 bits per heavy atom. The van der Waals surface area contributed by atoms with Gasteiger partial charge in [0, 0.05) is 18.6 Å². The Balaban J connectivity index is 2.85. The summed E-state index contributed by atoms with van der Waals surface area (Å²) in [5, 5.41) is 13.9. The summed E-state index contributed by atoms with van der Waals surface area (Å²) in [6.45, 7) is -0.124. The number of hydrogen-bond acceptors (Lipinski definition) is 3. The van der Waals surface area contributed by atoms with Gasteiger partial charge in [0.2, 0.25) is 5.91 Å². The van der Waals surface area contributed by atoms with Crippen LogP contribution in [0.5, 0.6) is 0 Å². The SMILES string of the molecule is CNC(=O)CN(C)C(=O)Nc1ccc(Br)cc1C(=O)O. The number of aromatic carboxylic acids is 1. The molecule has 0 radical (unpaired) electrons. The molecule has 3 amide bonds. The molecule has 8 heteroatoms. The van der Waals surface area contributed by atoms with E-state index in [1.54, 1.807) is 6.07 Å². The fourth-order valence-corrected chi connectivity index (χ4v) is 1.74. The first-order valence-electron chi connectivity index (χ1n) is 5.60. The first-order chi connectivity index (χ1) is 9.35. The summed E-state index contributed by atoms with van der Waals surface area (Å²) in [5.41, 5.74) is 0.121. The molecule has 20 heavy (non-hydrogen) atoms. The smallest absolute Gasteiger partial charge is 0.337 e. The lowest BCUT2D eigenvalue weighted by Crippen LogP contribution is -2.39. The molecule has 0 aromatic heterocycles. The molecule has 108 valence electrons. The largest absolute Gasteiger partial charge is 0.478 e. The van der Waals surface area contributed by atoms with Gasteiger partial charge in [-0.25, -0.2) is 9.59 Å². The molecule has 0 aliphatic heterocycles. The molecule has 0 fully saturated rings. The van der Waals surface area contributed by atoms with Crippen LogP contribution >= 0.6 is 15.9 Å². The van der Waals surface area contributed by atoms with Gasteiger partial charge in [0.15, 0.2) is 0 Å². The van der Waals surface area contributed by atoms with Gasteiger partial charge in [-0.2, -0.15) is 0 Å². The number of nitrogens with zero attached hydrogens (tertiary/aromatic N) is 1. The summed E-state index contributed by atoms with van der Waals surface area (Å²) in [6, 6.07) is 3.90. The van der Waals surface area contributed by atoms with Crippen molar-refractivity contribution in [2.45, 2.75) is 0 Å². The zero-order valence-corrected chi connectivity index (χ0v) is 12.5. The minimum Gasteiger partial charge on any atom is -0.478 e. The van der Waals surface area contributed by atoms with E-state index in [4.69, 9.17) is 5.11 Å². The van der Waals surface area contributed by atoms with E-state index in [1.807, 2.05) is 0 Å². The Morgan fingerprint density at radius 3 is 2.55 bits per heavy atom. The second-order valence-electron chi connectivity index (χ2n) is 3.95. The second kappa shape index (κ2) is 6.90. The molecule has 1 aromatic rings. The van der Waals surface area contributed by atoms with Gasteiger partial charge in [-0.3, -0.25) is 4.79 Å². The van der Waals surface area contributed by atoms with Gasteiger partial charge in [-0.1, -0.05) is 15.9 Å². The number of hydrogen-bond donors (Lipinski definition) is 3. The maximum Gasteiger partial charge on any atom is 0.337 e. The predicted octanol–water partition coefficient (Wildman–Crippen LogP) is 1.36. The van der Waals surface area contributed by atoms with Crippen molar-refractivity contribution >= 4 is 39.5 Å². The van der Waals surface area contributed by atoms with Crippen LogP contribution in [0.25, 0.3) is 0 Å². The standard InChI is InChI=1S/C12H14BrN3O4/c1-14-10(17)6-16(2)12(20)15-9-4-3-7(13)5-8(9)11(18)19/h3-5H,6H2,1-2H3,(H,14,17)(H,15,20)(H,18,19). The van der Waals surface area contributed by atoms with Gasteiger partial charge >= 0.3 is 12.0 Å². The monoisotopic (exact) mass is 343 g/mol. The number of anilines is 1. The molecule has 0 unspecified atom stereocenters. The zero-order chi connectivity index (χ0) is 15.3. The molecule has 1 aromatic carbocycles. The molecule has 7 nitrogen and oxygen atoms in total. The van der Waals surface area contributed by atoms with Crippen LogP contribution in [0.1, 0.15) is 10.4 Å². The second-order valence-corrected chi connectivity index (χ2v) is 4.87. The van der Waals surface area contributed by atoms with Gasteiger partial charge in [-0.05, 0) is 18.2 Å². The highest BCUT2D eigenvalue weighted by atomic mass is 79.9. The third-order valence-corrected chi connectivity index (χ3v) is 2.95. The lowest BCUT2D eigenvalue weighted by molar-refractivity contribution is -0.120. The highest BCUT2D eigenvalue weighted by Crippen LogP contribution is 2.21. The number of carbonyl (C=O) groups excluding carboxylic acids is 2. The molecule has 0 saturated carbocycles. The molecule has 3 N–H and O–H groups in total. The Bertz CT molecular complexity index is 548. The molecule has 0 atom stereocenters. The van der Waals surface area contributed by atoms with E-state index < -0.39 is 12.0 Å². The summed E-state index contributed by atoms with van der Waals surface area (Å²) in [6.07, 6.45) is 0. The van der Waals surface area contributed by atoms with Crippen LogP contribution < -0.4 is 10.6 Å². The van der Waals surface area contributed by atoms with Crippen molar-refractivity contribution in [1.29, 1.82) is 0 Å². The number of carbonyl (C=O) groups is 3. The number of carboxylic acid groups (broad SMARTS) is 1. The number of carboxylic acids is 1. The molecule has 0 spiro atoms. The van der Waals surface area contributed by atoms with Crippen LogP contribution in [0.4, 0.5) is 10.5 Å². The van der Waals surface area contributed by atoms with Crippen LogP contribution in [0.15, 0.2) is 22.7 Å². The van der Waals surface area contributed by atoms with E-state index in [0.717, 1.165) is 4.90 Å². The molecule has 0 bridgehead atoms. The molecule has 0 heterocycles. The number of likely N-dealkylation sites (N-methyl/N-ethyl adjacent to an activating group) is 2. The average Bonchev–Trinajstić information content (AvgIpc) is 2.40. The molecule has 0 saturated heterocycles. The van der Waals surface area contributed by atoms with Gasteiger partial charge < -0.3 is 20.6 Å². The van der Waals surface area contributed by atoms with Gasteiger partial charge in [0.05, 0.1) is 11.3 Å². The summed E-state index contributed by atoms with van der Waals surface area (Å²) in [4.78, 5) is 35.3. The first-order valence-corrected chi connectivity index (χ1v) is 6.40. The molecule has 1 rings (SSSR count). The first kappa shape index (κ1) is 16.0. The van der Waals surface area contributed by atoms with E-state index in [2.05, 4.69) is 26.6 Å². The van der Waals surface area contributed by atoms with Gasteiger partial charge in [0.1, 0.15) is 6.54 Å². The third-order valence-electron chi connectivity index (χ3n) is 2.46. The minimum atomic E-state index is -1.16. The van der Waals surface area contributed by atoms with Gasteiger partial charge in [0.25, 0.3) is 0 Å². The highest BCUT2D eigenvalue weighted by Gasteiger charge is 2.16. The van der Waals surface area contributed by atoms with E-state index in [9.17, 15) is 14.4 Å². The van der Waals surface area contributed by atoms with Crippen LogP contribution in [0.3, 0.4) is 0 Å². The van der Waals surface area contributed by atoms with Crippen molar-refractivity contribution in [2.24, 2.45) is 0 Å². The lowest BCUT2D eigenvalue weighted by Gasteiger charge is -2.17. The lowest BCUT2D eigenvalue weighted by atomic mass is 10.2. The van der Waals surface area contributed by atoms with Crippen molar-refractivity contribution in [3.05, 3.63) is 28.2 Å². The van der Waals surface area contributed by atoms with E-state index >= 15 is 0 Å². The van der Waals surface area contributed by atoms with Crippen molar-refractivity contribution < 1.29 is 19.5 Å². The summed E-state index contributed by atoms with van der Waals surface area (Å²) >= 11 is 3.16. The van der Waals surface area contributed by atoms with Gasteiger partial charge in [-0.15, -0.1) is 0 Å². The molecule has 0 aliphatic rings. The maximum atomic E-state index is 11.9. The molecule has 0 aliphatic carbocycles. The summed E-state index contributed by atoms with van der Waals surface area (Å²) < 4.78 is 0.589. The quantitative estimate of drug-likeness (QED) is 0.768. The van der Waals surface area contributed by atoms with E-state index in [0.29, 0.717) is 4.47 Å². The van der Waals surface area contributed by atoms with Crippen LogP contribution in [0, 0.1) is 0 Å². The number of nitrogens with one attached hydrogen (secondary N) is 2. The van der Waals surface area contributed by atoms with Crippen molar-refractivity contribution in [1.82, 2.24) is 10.2 Å². The number of rotatable bonds is 4. The highest BCUT2D eigenvalue weighted by molar-refractivity contribution is 9.10. The zero-order valence-electron chi connectivity index (χ0n) is 10.9. The van der Waals surface area contributed by atoms with Crippen LogP contribution in [0.2, 0.25) is 0 Å². The topological polar surface area (TPSA) is 98.7 Å². The Hall–Kier alpha value is -2.09. The van der Waals surface area contributed by atoms with Crippen LogP contribution in [-0.2, 0) is 4.79 Å². The van der Waals surface area contributed by atoms with Crippen molar-refractivity contribution in [3.63, 3.8) is 0 Å². The normalized spacial score (nSPS) is 9.75. The maximum absolute atomic E-state index is 11.9. The number of urea groups is 1. The Labute approximate surface area is 124 Å². The van der Waals surface area contributed by atoms with Crippen molar-refractivity contribution in [2.75, 3.05) is 26.0 Å². The van der Waals surface area contributed by atoms with E-state index in [1.165, 1.54) is 26.2 Å². The molecular formula is C12H14BrN3O4. The number of benzene rings is 1. The van der Waals surface area contributed by atoms with E-state index in [-0.39, 0.29) is 23.7 Å². The summed E-state index contributed by atoms with van der Waals surface area (Å²) in [7, 11) is 2.90. The predicted molar refractivity (Wildman–Crippen MR) is 76.8 cm³/mol. The minimum absolute atomic E-state index is 0.0407. The fraction of sp³-hybridized carbons (Fsp3) is 0.250. The summed E-state index contributed by atoms with van der Waals surface area (Å²) in [5.74, 6) is -1.48.